The first-order valence-electron chi connectivity index (χ1n) is 7.29. The van der Waals surface area contributed by atoms with Gasteiger partial charge in [-0.15, -0.1) is 22.7 Å². The second kappa shape index (κ2) is 7.32. The van der Waals surface area contributed by atoms with Crippen molar-refractivity contribution in [3.63, 3.8) is 0 Å². The maximum Gasteiger partial charge on any atom is 0.237 e. The highest BCUT2D eigenvalue weighted by Gasteiger charge is 2.29. The molecule has 2 aromatic heterocycles. The van der Waals surface area contributed by atoms with Gasteiger partial charge in [0.05, 0.1) is 19.2 Å². The predicted octanol–water partition coefficient (Wildman–Crippen LogP) is 2.28. The molecule has 0 radical (unpaired) electrons. The van der Waals surface area contributed by atoms with Crippen molar-refractivity contribution in [3.8, 4) is 0 Å². The molecule has 0 bridgehead atoms. The Hall–Kier alpha value is -1.28. The van der Waals surface area contributed by atoms with Crippen LogP contribution in [0.15, 0.2) is 29.1 Å². The summed E-state index contributed by atoms with van der Waals surface area (Å²) in [5.74, 6) is 0.0631. The smallest absolute Gasteiger partial charge is 0.237 e. The van der Waals surface area contributed by atoms with Gasteiger partial charge >= 0.3 is 0 Å². The van der Waals surface area contributed by atoms with Crippen LogP contribution in [0.3, 0.4) is 0 Å². The molecule has 0 unspecified atom stereocenters. The first-order chi connectivity index (χ1) is 10.7. The van der Waals surface area contributed by atoms with E-state index in [1.807, 2.05) is 29.8 Å². The van der Waals surface area contributed by atoms with Gasteiger partial charge in [0.15, 0.2) is 0 Å². The maximum atomic E-state index is 12.3. The number of nitrogens with one attached hydrogen (secondary N) is 1. The third-order valence-electron chi connectivity index (χ3n) is 3.77. The van der Waals surface area contributed by atoms with Crippen LogP contribution < -0.4 is 5.32 Å². The average Bonchev–Trinajstić information content (AvgIpc) is 3.25. The van der Waals surface area contributed by atoms with E-state index in [1.165, 1.54) is 4.88 Å². The molecule has 22 heavy (non-hydrogen) atoms. The lowest BCUT2D eigenvalue weighted by molar-refractivity contribution is -0.129. The van der Waals surface area contributed by atoms with Crippen molar-refractivity contribution in [3.05, 3.63) is 39.0 Å². The molecule has 1 aliphatic rings. The number of hydrogen-bond acceptors (Lipinski definition) is 6. The first kappa shape index (κ1) is 15.6. The Balaban J connectivity index is 1.54. The van der Waals surface area contributed by atoms with Crippen LogP contribution in [0, 0.1) is 0 Å². The fraction of sp³-hybridized carbons (Fsp3) is 0.467. The van der Waals surface area contributed by atoms with Crippen molar-refractivity contribution in [2.45, 2.75) is 25.6 Å². The molecule has 3 heterocycles. The van der Waals surface area contributed by atoms with Gasteiger partial charge < -0.3 is 10.1 Å². The third-order valence-corrected chi connectivity index (χ3v) is 5.51. The molecule has 2 aromatic rings. The monoisotopic (exact) mass is 337 g/mol. The van der Waals surface area contributed by atoms with Crippen LogP contribution >= 0.6 is 22.7 Å². The molecule has 0 aromatic carbocycles. The molecule has 1 fully saturated rings. The molecular formula is C15H19N3O2S2. The normalized spacial score (nSPS) is 20.7. The molecule has 1 aliphatic heterocycles. The standard InChI is InChI=1S/C15H19N3O2S2/c1-11(14(19)17-9-12-3-2-7-21-12)18-5-6-20-13(10-18)15-16-4-8-22-15/h2-4,7-8,11,13H,5-6,9-10H2,1H3,(H,17,19)/t11-,13+/m0/s1. The number of morpholine rings is 1. The van der Waals surface area contributed by atoms with Crippen LogP contribution in [0.4, 0.5) is 0 Å². The van der Waals surface area contributed by atoms with Gasteiger partial charge in [-0.05, 0) is 18.4 Å². The van der Waals surface area contributed by atoms with Gasteiger partial charge in [0, 0.05) is 29.5 Å². The number of hydrogen-bond donors (Lipinski definition) is 1. The van der Waals surface area contributed by atoms with Gasteiger partial charge in [-0.3, -0.25) is 9.69 Å². The van der Waals surface area contributed by atoms with Gasteiger partial charge in [-0.1, -0.05) is 6.07 Å². The molecule has 1 saturated heterocycles. The van der Waals surface area contributed by atoms with Crippen molar-refractivity contribution in [1.29, 1.82) is 0 Å². The van der Waals surface area contributed by atoms with Crippen molar-refractivity contribution < 1.29 is 9.53 Å². The van der Waals surface area contributed by atoms with Gasteiger partial charge in [-0.2, -0.15) is 0 Å². The number of carbonyl (C=O) groups is 1. The molecule has 118 valence electrons. The minimum absolute atomic E-state index is 0.0266. The fourth-order valence-corrected chi connectivity index (χ4v) is 3.79. The summed E-state index contributed by atoms with van der Waals surface area (Å²) in [4.78, 5) is 20.0. The lowest BCUT2D eigenvalue weighted by atomic mass is 10.2. The summed E-state index contributed by atoms with van der Waals surface area (Å²) in [6, 6.07) is 3.87. The molecule has 2 atom stereocenters. The Kier molecular flexibility index (Phi) is 5.20. The number of thiophene rings is 1. The van der Waals surface area contributed by atoms with E-state index in [4.69, 9.17) is 4.74 Å². The summed E-state index contributed by atoms with van der Waals surface area (Å²) < 4.78 is 5.78. The summed E-state index contributed by atoms with van der Waals surface area (Å²) in [6.45, 7) is 4.67. The molecule has 5 nitrogen and oxygen atoms in total. The zero-order valence-corrected chi connectivity index (χ0v) is 14.0. The van der Waals surface area contributed by atoms with E-state index in [0.29, 0.717) is 19.7 Å². The van der Waals surface area contributed by atoms with Crippen molar-refractivity contribution in [2.75, 3.05) is 19.7 Å². The highest BCUT2D eigenvalue weighted by molar-refractivity contribution is 7.10. The molecule has 0 saturated carbocycles. The highest BCUT2D eigenvalue weighted by atomic mass is 32.1. The summed E-state index contributed by atoms with van der Waals surface area (Å²) in [6.07, 6.45) is 1.76. The predicted molar refractivity (Wildman–Crippen MR) is 88.0 cm³/mol. The van der Waals surface area contributed by atoms with E-state index < -0.39 is 0 Å². The Labute approximate surface area is 137 Å². The second-order valence-corrected chi connectivity index (χ2v) is 7.16. The van der Waals surface area contributed by atoms with E-state index >= 15 is 0 Å². The Morgan fingerprint density at radius 1 is 1.55 bits per heavy atom. The number of rotatable bonds is 5. The van der Waals surface area contributed by atoms with E-state index in [1.54, 1.807) is 28.9 Å². The molecule has 1 amide bonds. The average molecular weight is 337 g/mol. The summed E-state index contributed by atoms with van der Waals surface area (Å²) in [7, 11) is 0. The van der Waals surface area contributed by atoms with Gasteiger partial charge in [0.2, 0.25) is 5.91 Å². The van der Waals surface area contributed by atoms with Crippen LogP contribution in [-0.4, -0.2) is 41.5 Å². The number of amides is 1. The van der Waals surface area contributed by atoms with Gasteiger partial charge in [0.25, 0.3) is 0 Å². The summed E-state index contributed by atoms with van der Waals surface area (Å²) >= 11 is 3.25. The second-order valence-electron chi connectivity index (χ2n) is 5.20. The molecule has 1 N–H and O–H groups in total. The Morgan fingerprint density at radius 2 is 2.45 bits per heavy atom. The fourth-order valence-electron chi connectivity index (χ4n) is 2.46. The van der Waals surface area contributed by atoms with E-state index in [9.17, 15) is 4.79 Å². The quantitative estimate of drug-likeness (QED) is 0.909. The number of carbonyl (C=O) groups excluding carboxylic acids is 1. The van der Waals surface area contributed by atoms with Gasteiger partial charge in [0.1, 0.15) is 11.1 Å². The van der Waals surface area contributed by atoms with E-state index in [0.717, 1.165) is 11.6 Å². The van der Waals surface area contributed by atoms with Crippen LogP contribution in [0.25, 0.3) is 0 Å². The van der Waals surface area contributed by atoms with Gasteiger partial charge in [-0.25, -0.2) is 4.98 Å². The van der Waals surface area contributed by atoms with Crippen LogP contribution in [0.2, 0.25) is 0 Å². The van der Waals surface area contributed by atoms with Crippen LogP contribution in [0.1, 0.15) is 22.9 Å². The topological polar surface area (TPSA) is 54.5 Å². The highest BCUT2D eigenvalue weighted by Crippen LogP contribution is 2.24. The lowest BCUT2D eigenvalue weighted by Gasteiger charge is -2.35. The van der Waals surface area contributed by atoms with Crippen molar-refractivity contribution in [2.24, 2.45) is 0 Å². The molecule has 0 spiro atoms. The zero-order chi connectivity index (χ0) is 15.4. The van der Waals surface area contributed by atoms with E-state index in [2.05, 4.69) is 15.2 Å². The lowest BCUT2D eigenvalue weighted by Crippen LogP contribution is -2.50. The summed E-state index contributed by atoms with van der Waals surface area (Å²) in [5, 5.41) is 7.96. The Morgan fingerprint density at radius 3 is 3.18 bits per heavy atom. The summed E-state index contributed by atoms with van der Waals surface area (Å²) in [5.41, 5.74) is 0. The zero-order valence-electron chi connectivity index (χ0n) is 12.4. The van der Waals surface area contributed by atoms with Crippen molar-refractivity contribution in [1.82, 2.24) is 15.2 Å². The number of ether oxygens (including phenoxy) is 1. The number of thiazole rings is 1. The SMILES string of the molecule is C[C@@H](C(=O)NCc1cccs1)N1CCO[C@@H](c2nccs2)C1. The number of aromatic nitrogens is 1. The van der Waals surface area contributed by atoms with Crippen LogP contribution in [0.5, 0.6) is 0 Å². The molecule has 7 heteroatoms. The molecular weight excluding hydrogens is 318 g/mol. The van der Waals surface area contributed by atoms with Crippen molar-refractivity contribution >= 4 is 28.6 Å². The maximum absolute atomic E-state index is 12.3. The molecule has 0 aliphatic carbocycles. The van der Waals surface area contributed by atoms with E-state index in [-0.39, 0.29) is 18.1 Å². The molecule has 3 rings (SSSR count). The van der Waals surface area contributed by atoms with Crippen LogP contribution in [-0.2, 0) is 16.1 Å². The minimum atomic E-state index is -0.161. The number of nitrogens with zero attached hydrogens (tertiary/aromatic N) is 2. The Bertz CT molecular complexity index is 586. The first-order valence-corrected chi connectivity index (χ1v) is 9.05. The minimum Gasteiger partial charge on any atom is -0.368 e. The third kappa shape index (κ3) is 3.73. The largest absolute Gasteiger partial charge is 0.368 e.